The number of rotatable bonds is 3. The van der Waals surface area contributed by atoms with Crippen LogP contribution in [0.25, 0.3) is 10.9 Å². The van der Waals surface area contributed by atoms with E-state index in [1.165, 1.54) is 12.5 Å². The molecule has 0 aliphatic carbocycles. The lowest BCUT2D eigenvalue weighted by atomic mass is 10.1. The number of hydrogen-bond donors (Lipinski definition) is 1. The van der Waals surface area contributed by atoms with Gasteiger partial charge in [0.2, 0.25) is 0 Å². The Kier molecular flexibility index (Phi) is 4.03. The smallest absolute Gasteiger partial charge is 0.171 e. The third kappa shape index (κ3) is 3.04. The predicted molar refractivity (Wildman–Crippen MR) is 90.1 cm³/mol. The van der Waals surface area contributed by atoms with Crippen LogP contribution >= 0.6 is 27.5 Å². The van der Waals surface area contributed by atoms with Crippen LogP contribution in [0.15, 0.2) is 29.4 Å². The number of pyridine rings is 1. The highest BCUT2D eigenvalue weighted by Gasteiger charge is 2.28. The Bertz CT molecular complexity index is 871. The molecule has 9 heteroatoms. The summed E-state index contributed by atoms with van der Waals surface area (Å²) in [5, 5.41) is 0.747. The molecule has 3 aromatic rings. The number of hydrogen-bond acceptors (Lipinski definition) is 7. The molecule has 0 radical (unpaired) electrons. The monoisotopic (exact) mass is 394 g/mol. The van der Waals surface area contributed by atoms with Gasteiger partial charge in [-0.3, -0.25) is 0 Å². The maximum atomic E-state index is 6.06. The largest absolute Gasteiger partial charge is 0.477 e. The van der Waals surface area contributed by atoms with Crippen LogP contribution in [0.2, 0.25) is 5.15 Å². The third-order valence-electron chi connectivity index (χ3n) is 3.14. The second-order valence-corrected chi connectivity index (χ2v) is 6.51. The topological polar surface area (TPSA) is 99.7 Å². The summed E-state index contributed by atoms with van der Waals surface area (Å²) in [6.45, 7) is 3.69. The van der Waals surface area contributed by atoms with Crippen LogP contribution in [0.4, 0.5) is 5.82 Å². The Hall–Kier alpha value is -2.06. The molecule has 118 valence electrons. The van der Waals surface area contributed by atoms with Crippen LogP contribution in [0.5, 0.6) is 5.75 Å². The molecule has 2 N–H and O–H groups in total. The molecule has 0 amide bonds. The van der Waals surface area contributed by atoms with E-state index in [9.17, 15) is 0 Å². The maximum absolute atomic E-state index is 6.06. The summed E-state index contributed by atoms with van der Waals surface area (Å²) in [7, 11) is 0. The SMILES string of the molecule is CC(C)(Oc1cnc(Cl)c2ncnc(N)c12)c1ncc(Br)cn1. The minimum absolute atomic E-state index is 0.235. The first kappa shape index (κ1) is 15.8. The minimum atomic E-state index is -0.814. The Balaban J connectivity index is 2.07. The molecule has 3 heterocycles. The van der Waals surface area contributed by atoms with Crippen LogP contribution in [-0.4, -0.2) is 24.9 Å². The quantitative estimate of drug-likeness (QED) is 0.680. The lowest BCUT2D eigenvalue weighted by Gasteiger charge is -2.25. The number of anilines is 1. The van der Waals surface area contributed by atoms with Gasteiger partial charge in [-0.05, 0) is 29.8 Å². The average molecular weight is 396 g/mol. The lowest BCUT2D eigenvalue weighted by Crippen LogP contribution is -2.28. The van der Waals surface area contributed by atoms with Crippen LogP contribution in [-0.2, 0) is 5.60 Å². The van der Waals surface area contributed by atoms with Crippen LogP contribution in [0.3, 0.4) is 0 Å². The highest BCUT2D eigenvalue weighted by molar-refractivity contribution is 9.10. The molecular weight excluding hydrogens is 384 g/mol. The molecule has 0 aliphatic rings. The zero-order chi connectivity index (χ0) is 16.6. The van der Waals surface area contributed by atoms with Crippen molar-refractivity contribution in [1.82, 2.24) is 24.9 Å². The first-order valence-electron chi connectivity index (χ1n) is 6.60. The Labute approximate surface area is 145 Å². The first-order chi connectivity index (χ1) is 10.9. The highest BCUT2D eigenvalue weighted by atomic mass is 79.9. The molecule has 23 heavy (non-hydrogen) atoms. The van der Waals surface area contributed by atoms with Crippen molar-refractivity contribution in [2.75, 3.05) is 5.73 Å². The maximum Gasteiger partial charge on any atom is 0.171 e. The summed E-state index contributed by atoms with van der Waals surface area (Å²) < 4.78 is 6.84. The molecule has 0 atom stereocenters. The number of ether oxygens (including phenoxy) is 1. The molecule has 0 fully saturated rings. The van der Waals surface area contributed by atoms with E-state index in [0.29, 0.717) is 22.5 Å². The molecule has 3 rings (SSSR count). The number of nitrogens with zero attached hydrogens (tertiary/aromatic N) is 5. The van der Waals surface area contributed by atoms with Crippen molar-refractivity contribution in [2.45, 2.75) is 19.4 Å². The predicted octanol–water partition coefficient (Wildman–Crippen LogP) is 3.13. The Morgan fingerprint density at radius 1 is 1.09 bits per heavy atom. The molecule has 0 bridgehead atoms. The van der Waals surface area contributed by atoms with Gasteiger partial charge in [-0.1, -0.05) is 11.6 Å². The standard InChI is InChI=1S/C14H12BrClN6O/c1-14(2,13-19-3-7(15)4-20-13)23-8-5-18-11(16)10-9(8)12(17)22-6-21-10/h3-6H,1-2H3,(H2,17,21,22). The molecule has 0 spiro atoms. The van der Waals surface area contributed by atoms with Crippen LogP contribution in [0, 0.1) is 0 Å². The molecule has 3 aromatic heterocycles. The lowest BCUT2D eigenvalue weighted by molar-refractivity contribution is 0.0999. The van der Waals surface area contributed by atoms with E-state index >= 15 is 0 Å². The van der Waals surface area contributed by atoms with Gasteiger partial charge in [0.1, 0.15) is 17.7 Å². The molecule has 0 aromatic carbocycles. The van der Waals surface area contributed by atoms with E-state index in [1.54, 1.807) is 12.4 Å². The minimum Gasteiger partial charge on any atom is -0.477 e. The molecule has 0 saturated heterocycles. The fraction of sp³-hybridized carbons (Fsp3) is 0.214. The van der Waals surface area contributed by atoms with E-state index in [2.05, 4.69) is 40.8 Å². The Morgan fingerprint density at radius 2 is 1.78 bits per heavy atom. The van der Waals surface area contributed by atoms with Crippen LogP contribution in [0.1, 0.15) is 19.7 Å². The summed E-state index contributed by atoms with van der Waals surface area (Å²) in [5.74, 6) is 1.19. The zero-order valence-corrected chi connectivity index (χ0v) is 14.6. The molecule has 0 aliphatic heterocycles. The molecule has 0 saturated carbocycles. The normalized spacial score (nSPS) is 11.7. The second-order valence-electron chi connectivity index (χ2n) is 5.23. The van der Waals surface area contributed by atoms with Crippen LogP contribution < -0.4 is 10.5 Å². The van der Waals surface area contributed by atoms with E-state index in [1.807, 2.05) is 13.8 Å². The van der Waals surface area contributed by atoms with Gasteiger partial charge in [-0.15, -0.1) is 0 Å². The summed E-state index contributed by atoms with van der Waals surface area (Å²) >= 11 is 9.37. The van der Waals surface area contributed by atoms with Crippen molar-refractivity contribution in [3.8, 4) is 5.75 Å². The summed E-state index contributed by atoms with van der Waals surface area (Å²) in [6.07, 6.45) is 6.13. The number of halogens is 2. The summed E-state index contributed by atoms with van der Waals surface area (Å²) in [4.78, 5) is 20.7. The number of aromatic nitrogens is 5. The third-order valence-corrected chi connectivity index (χ3v) is 3.82. The average Bonchev–Trinajstić information content (AvgIpc) is 2.51. The van der Waals surface area contributed by atoms with E-state index in [0.717, 1.165) is 4.47 Å². The van der Waals surface area contributed by atoms with Gasteiger partial charge in [0, 0.05) is 12.4 Å². The van der Waals surface area contributed by atoms with Crippen molar-refractivity contribution in [2.24, 2.45) is 0 Å². The van der Waals surface area contributed by atoms with E-state index in [4.69, 9.17) is 22.1 Å². The van der Waals surface area contributed by atoms with Gasteiger partial charge < -0.3 is 10.5 Å². The first-order valence-corrected chi connectivity index (χ1v) is 7.77. The fourth-order valence-corrected chi connectivity index (χ4v) is 2.46. The van der Waals surface area contributed by atoms with Crippen molar-refractivity contribution >= 4 is 44.3 Å². The van der Waals surface area contributed by atoms with Crippen molar-refractivity contribution in [3.05, 3.63) is 40.4 Å². The van der Waals surface area contributed by atoms with Gasteiger partial charge in [0.25, 0.3) is 0 Å². The van der Waals surface area contributed by atoms with Gasteiger partial charge in [-0.25, -0.2) is 24.9 Å². The van der Waals surface area contributed by atoms with Crippen molar-refractivity contribution in [3.63, 3.8) is 0 Å². The molecule has 7 nitrogen and oxygen atoms in total. The summed E-state index contributed by atoms with van der Waals surface area (Å²) in [6, 6.07) is 0. The Morgan fingerprint density at radius 3 is 2.48 bits per heavy atom. The highest BCUT2D eigenvalue weighted by Crippen LogP contribution is 2.35. The van der Waals surface area contributed by atoms with E-state index in [-0.39, 0.29) is 11.0 Å². The second kappa shape index (κ2) is 5.86. The van der Waals surface area contributed by atoms with Crippen molar-refractivity contribution in [1.29, 1.82) is 0 Å². The number of nitrogen functional groups attached to an aromatic ring is 1. The summed E-state index contributed by atoms with van der Waals surface area (Å²) in [5.41, 5.74) is 5.57. The van der Waals surface area contributed by atoms with Gasteiger partial charge >= 0.3 is 0 Å². The van der Waals surface area contributed by atoms with Gasteiger partial charge in [0.05, 0.1) is 16.1 Å². The zero-order valence-electron chi connectivity index (χ0n) is 12.3. The molecular formula is C14H12BrClN6O. The molecule has 0 unspecified atom stereocenters. The number of nitrogens with two attached hydrogens (primary N) is 1. The van der Waals surface area contributed by atoms with Gasteiger partial charge in [0.15, 0.2) is 22.3 Å². The van der Waals surface area contributed by atoms with E-state index < -0.39 is 5.60 Å². The fourth-order valence-electron chi connectivity index (χ4n) is 2.06. The number of fused-ring (bicyclic) bond motifs is 1. The van der Waals surface area contributed by atoms with Gasteiger partial charge in [-0.2, -0.15) is 0 Å². The van der Waals surface area contributed by atoms with Crippen molar-refractivity contribution < 1.29 is 4.74 Å².